The Morgan fingerprint density at radius 3 is 2.69 bits per heavy atom. The third-order valence-electron chi connectivity index (χ3n) is 2.34. The second-order valence-corrected chi connectivity index (χ2v) is 3.55. The number of methoxy groups -OCH3 is 1. The number of hydrogen-bond donors (Lipinski definition) is 0. The van der Waals surface area contributed by atoms with Crippen molar-refractivity contribution in [1.29, 1.82) is 0 Å². The van der Waals surface area contributed by atoms with Gasteiger partial charge in [-0.3, -0.25) is 14.4 Å². The van der Waals surface area contributed by atoms with E-state index in [1.807, 2.05) is 0 Å². The van der Waals surface area contributed by atoms with Gasteiger partial charge in [-0.2, -0.15) is 0 Å². The largest absolute Gasteiger partial charge is 0.469 e. The molecular weight excluding hydrogens is 208 g/mol. The minimum Gasteiger partial charge on any atom is -0.469 e. The lowest BCUT2D eigenvalue weighted by Gasteiger charge is -2.06. The van der Waals surface area contributed by atoms with Crippen molar-refractivity contribution in [1.82, 2.24) is 0 Å². The van der Waals surface area contributed by atoms with Crippen LogP contribution in [0.5, 0.6) is 0 Å². The first kappa shape index (κ1) is 12.4. The molecule has 0 aromatic rings. The summed E-state index contributed by atoms with van der Waals surface area (Å²) in [5, 5.41) is 0. The van der Waals surface area contributed by atoms with E-state index in [0.29, 0.717) is 31.3 Å². The van der Waals surface area contributed by atoms with E-state index >= 15 is 0 Å². The summed E-state index contributed by atoms with van der Waals surface area (Å²) in [4.78, 5) is 33.2. The van der Waals surface area contributed by atoms with Gasteiger partial charge in [0.05, 0.1) is 7.11 Å². The topological polar surface area (TPSA) is 60.4 Å². The molecule has 4 nitrogen and oxygen atoms in total. The molecule has 4 heteroatoms. The molecule has 0 aliphatic heterocycles. The fourth-order valence-electron chi connectivity index (χ4n) is 1.44. The van der Waals surface area contributed by atoms with Gasteiger partial charge in [0.25, 0.3) is 0 Å². The second kappa shape index (κ2) is 6.00. The van der Waals surface area contributed by atoms with Crippen LogP contribution in [0.3, 0.4) is 0 Å². The Labute approximate surface area is 94.0 Å². The normalized spacial score (nSPS) is 14.9. The standard InChI is InChI=1S/C12H14O4/c1-16-12(15)5-3-2-4-9-8-10(13)6-7-11(9)14/h6-8H,2-5H2,1H3. The van der Waals surface area contributed by atoms with Crippen molar-refractivity contribution in [3.8, 4) is 0 Å². The first-order valence-electron chi connectivity index (χ1n) is 5.17. The first-order valence-corrected chi connectivity index (χ1v) is 5.17. The van der Waals surface area contributed by atoms with E-state index in [0.717, 1.165) is 0 Å². The van der Waals surface area contributed by atoms with Gasteiger partial charge >= 0.3 is 5.97 Å². The predicted octanol–water partition coefficient (Wildman–Crippen LogP) is 1.35. The van der Waals surface area contributed by atoms with E-state index in [1.165, 1.54) is 25.3 Å². The van der Waals surface area contributed by atoms with Crippen molar-refractivity contribution in [2.24, 2.45) is 0 Å². The zero-order chi connectivity index (χ0) is 12.0. The molecular formula is C12H14O4. The molecule has 0 aromatic carbocycles. The molecule has 1 rings (SSSR count). The molecule has 0 bridgehead atoms. The average Bonchev–Trinajstić information content (AvgIpc) is 2.28. The van der Waals surface area contributed by atoms with Crippen LogP contribution in [-0.4, -0.2) is 24.6 Å². The number of carbonyl (C=O) groups is 3. The summed E-state index contributed by atoms with van der Waals surface area (Å²) in [5.41, 5.74) is 0.525. The maximum absolute atomic E-state index is 11.3. The third-order valence-corrected chi connectivity index (χ3v) is 2.34. The fraction of sp³-hybridized carbons (Fsp3) is 0.417. The maximum atomic E-state index is 11.3. The number of esters is 1. The minimum absolute atomic E-state index is 0.113. The van der Waals surface area contributed by atoms with E-state index in [-0.39, 0.29) is 17.5 Å². The molecule has 0 unspecified atom stereocenters. The van der Waals surface area contributed by atoms with Gasteiger partial charge in [0.15, 0.2) is 11.6 Å². The Hall–Kier alpha value is -1.71. The van der Waals surface area contributed by atoms with Crippen LogP contribution in [0.2, 0.25) is 0 Å². The summed E-state index contributed by atoms with van der Waals surface area (Å²) in [6.07, 6.45) is 6.16. The van der Waals surface area contributed by atoms with E-state index in [4.69, 9.17) is 0 Å². The highest BCUT2D eigenvalue weighted by Gasteiger charge is 2.12. The summed E-state index contributed by atoms with van der Waals surface area (Å²) in [6.45, 7) is 0. The lowest BCUT2D eigenvalue weighted by atomic mass is 9.98. The minimum atomic E-state index is -0.250. The number of carbonyl (C=O) groups excluding carboxylic acids is 3. The van der Waals surface area contributed by atoms with Gasteiger partial charge in [0.1, 0.15) is 0 Å². The molecule has 0 radical (unpaired) electrons. The molecule has 0 aromatic heterocycles. The number of allylic oxidation sites excluding steroid dienone is 4. The quantitative estimate of drug-likeness (QED) is 0.400. The van der Waals surface area contributed by atoms with Crippen LogP contribution in [0.4, 0.5) is 0 Å². The lowest BCUT2D eigenvalue weighted by Crippen LogP contribution is -2.07. The summed E-state index contributed by atoms with van der Waals surface area (Å²) >= 11 is 0. The molecule has 0 fully saturated rings. The van der Waals surface area contributed by atoms with Gasteiger partial charge in [-0.05, 0) is 37.5 Å². The van der Waals surface area contributed by atoms with Gasteiger partial charge in [-0.25, -0.2) is 0 Å². The molecule has 0 atom stereocenters. The first-order chi connectivity index (χ1) is 7.63. The monoisotopic (exact) mass is 222 g/mol. The van der Waals surface area contributed by atoms with E-state index in [2.05, 4.69) is 4.74 Å². The van der Waals surface area contributed by atoms with Crippen molar-refractivity contribution >= 4 is 17.5 Å². The molecule has 0 spiro atoms. The molecule has 1 aliphatic rings. The lowest BCUT2D eigenvalue weighted by molar-refractivity contribution is -0.140. The van der Waals surface area contributed by atoms with Crippen LogP contribution in [0, 0.1) is 0 Å². The van der Waals surface area contributed by atoms with Crippen molar-refractivity contribution in [2.75, 3.05) is 7.11 Å². The summed E-state index contributed by atoms with van der Waals surface area (Å²) in [7, 11) is 1.35. The van der Waals surface area contributed by atoms with Crippen LogP contribution >= 0.6 is 0 Å². The van der Waals surface area contributed by atoms with Gasteiger partial charge in [0.2, 0.25) is 0 Å². The summed E-state index contributed by atoms with van der Waals surface area (Å²) in [5.74, 6) is -0.514. The van der Waals surface area contributed by atoms with Crippen LogP contribution in [0.1, 0.15) is 25.7 Å². The maximum Gasteiger partial charge on any atom is 0.305 e. The molecule has 0 N–H and O–H groups in total. The molecule has 86 valence electrons. The number of unbranched alkanes of at least 4 members (excludes halogenated alkanes) is 1. The molecule has 1 aliphatic carbocycles. The number of rotatable bonds is 5. The van der Waals surface area contributed by atoms with Crippen LogP contribution < -0.4 is 0 Å². The molecule has 0 saturated heterocycles. The third kappa shape index (κ3) is 3.81. The van der Waals surface area contributed by atoms with E-state index in [9.17, 15) is 14.4 Å². The number of ether oxygens (including phenoxy) is 1. The van der Waals surface area contributed by atoms with Crippen molar-refractivity contribution in [3.63, 3.8) is 0 Å². The molecule has 0 amide bonds. The SMILES string of the molecule is COC(=O)CCCCC1=CC(=O)C=CC1=O. The Balaban J connectivity index is 2.30. The second-order valence-electron chi connectivity index (χ2n) is 3.55. The Kier molecular flexibility index (Phi) is 4.64. The Morgan fingerprint density at radius 1 is 1.25 bits per heavy atom. The van der Waals surface area contributed by atoms with E-state index < -0.39 is 0 Å². The highest BCUT2D eigenvalue weighted by molar-refractivity contribution is 6.17. The zero-order valence-corrected chi connectivity index (χ0v) is 9.19. The van der Waals surface area contributed by atoms with Crippen LogP contribution in [0.25, 0.3) is 0 Å². The zero-order valence-electron chi connectivity index (χ0n) is 9.19. The van der Waals surface area contributed by atoms with Crippen LogP contribution in [-0.2, 0) is 19.1 Å². The molecule has 0 saturated carbocycles. The fourth-order valence-corrected chi connectivity index (χ4v) is 1.44. The van der Waals surface area contributed by atoms with Gasteiger partial charge in [-0.15, -0.1) is 0 Å². The van der Waals surface area contributed by atoms with Gasteiger partial charge < -0.3 is 4.74 Å². The van der Waals surface area contributed by atoms with Crippen molar-refractivity contribution in [3.05, 3.63) is 23.8 Å². The van der Waals surface area contributed by atoms with Crippen molar-refractivity contribution in [2.45, 2.75) is 25.7 Å². The molecule has 0 heterocycles. The summed E-state index contributed by atoms with van der Waals surface area (Å²) < 4.78 is 4.49. The predicted molar refractivity (Wildman–Crippen MR) is 57.7 cm³/mol. The Morgan fingerprint density at radius 2 is 2.00 bits per heavy atom. The van der Waals surface area contributed by atoms with Crippen LogP contribution in [0.15, 0.2) is 23.8 Å². The molecule has 16 heavy (non-hydrogen) atoms. The smallest absolute Gasteiger partial charge is 0.305 e. The highest BCUT2D eigenvalue weighted by Crippen LogP contribution is 2.14. The highest BCUT2D eigenvalue weighted by atomic mass is 16.5. The van der Waals surface area contributed by atoms with E-state index in [1.54, 1.807) is 0 Å². The van der Waals surface area contributed by atoms with Gasteiger partial charge in [0, 0.05) is 12.0 Å². The number of hydrogen-bond acceptors (Lipinski definition) is 4. The van der Waals surface area contributed by atoms with Crippen molar-refractivity contribution < 1.29 is 19.1 Å². The number of ketones is 2. The summed E-state index contributed by atoms with van der Waals surface area (Å²) in [6, 6.07) is 0. The van der Waals surface area contributed by atoms with Gasteiger partial charge in [-0.1, -0.05) is 0 Å². The Bertz CT molecular complexity index is 363. The average molecular weight is 222 g/mol.